The van der Waals surface area contributed by atoms with E-state index in [1.807, 2.05) is 48.2 Å². The van der Waals surface area contributed by atoms with Crippen LogP contribution in [0, 0.1) is 0 Å². The van der Waals surface area contributed by atoms with Crippen molar-refractivity contribution >= 4 is 17.4 Å². The Morgan fingerprint density at radius 1 is 1.25 bits per heavy atom. The molecule has 1 aromatic carbocycles. The van der Waals surface area contributed by atoms with Crippen LogP contribution in [0.25, 0.3) is 0 Å². The normalized spacial score (nSPS) is 14.8. The molecule has 0 bridgehead atoms. The minimum Gasteiger partial charge on any atom is -0.359 e. The molecule has 1 aliphatic heterocycles. The van der Waals surface area contributed by atoms with Crippen molar-refractivity contribution in [2.24, 2.45) is 0 Å². The van der Waals surface area contributed by atoms with E-state index in [1.165, 1.54) is 5.56 Å². The molecular weight excluding hydrogens is 250 g/mol. The molecule has 1 aromatic heterocycles. The number of aromatic nitrogens is 1. The van der Waals surface area contributed by atoms with Gasteiger partial charge in [0.1, 0.15) is 11.9 Å². The molecule has 0 aliphatic carbocycles. The number of carbonyl (C=O) groups excluding carboxylic acids is 1. The van der Waals surface area contributed by atoms with Crippen LogP contribution in [0.5, 0.6) is 0 Å². The van der Waals surface area contributed by atoms with Gasteiger partial charge < -0.3 is 10.2 Å². The number of carbonyl (C=O) groups is 1. The van der Waals surface area contributed by atoms with Gasteiger partial charge >= 0.3 is 0 Å². The van der Waals surface area contributed by atoms with Gasteiger partial charge in [-0.25, -0.2) is 4.98 Å². The van der Waals surface area contributed by atoms with E-state index in [9.17, 15) is 4.79 Å². The van der Waals surface area contributed by atoms with Gasteiger partial charge in [-0.05, 0) is 37.1 Å². The van der Waals surface area contributed by atoms with E-state index in [0.29, 0.717) is 0 Å². The summed E-state index contributed by atoms with van der Waals surface area (Å²) in [6.07, 6.45) is 2.64. The molecular formula is C16H17N3O. The van der Waals surface area contributed by atoms with Crippen LogP contribution in [0.1, 0.15) is 12.5 Å². The average molecular weight is 267 g/mol. The largest absolute Gasteiger partial charge is 0.359 e. The molecule has 1 unspecified atom stereocenters. The number of para-hydroxylation sites is 1. The zero-order valence-corrected chi connectivity index (χ0v) is 11.4. The summed E-state index contributed by atoms with van der Waals surface area (Å²) < 4.78 is 0. The number of anilines is 2. The second-order valence-corrected chi connectivity index (χ2v) is 4.95. The molecule has 4 heteroatoms. The summed E-state index contributed by atoms with van der Waals surface area (Å²) in [4.78, 5) is 18.6. The molecule has 0 radical (unpaired) electrons. The molecule has 102 valence electrons. The number of hydrogen-bond donors (Lipinski definition) is 1. The number of pyridine rings is 1. The molecule has 0 saturated heterocycles. The Hall–Kier alpha value is -2.36. The van der Waals surface area contributed by atoms with Crippen molar-refractivity contribution in [3.8, 4) is 0 Å². The minimum absolute atomic E-state index is 0.0839. The fourth-order valence-corrected chi connectivity index (χ4v) is 2.53. The molecule has 2 aromatic rings. The maximum atomic E-state index is 12.5. The highest BCUT2D eigenvalue weighted by Crippen LogP contribution is 2.28. The molecule has 0 saturated carbocycles. The molecule has 2 heterocycles. The van der Waals surface area contributed by atoms with E-state index < -0.39 is 0 Å². The number of hydrogen-bond acceptors (Lipinski definition) is 3. The number of fused-ring (bicyclic) bond motifs is 1. The van der Waals surface area contributed by atoms with Gasteiger partial charge in [0.15, 0.2) is 0 Å². The Bertz CT molecular complexity index is 612. The van der Waals surface area contributed by atoms with Gasteiger partial charge in [0.25, 0.3) is 0 Å². The smallest absolute Gasteiger partial charge is 0.249 e. The third kappa shape index (κ3) is 2.37. The lowest BCUT2D eigenvalue weighted by molar-refractivity contribution is -0.118. The van der Waals surface area contributed by atoms with E-state index in [2.05, 4.69) is 16.4 Å². The van der Waals surface area contributed by atoms with Gasteiger partial charge in [0.05, 0.1) is 0 Å². The van der Waals surface area contributed by atoms with E-state index >= 15 is 0 Å². The summed E-state index contributed by atoms with van der Waals surface area (Å²) in [5.41, 5.74) is 2.28. The maximum absolute atomic E-state index is 12.5. The van der Waals surface area contributed by atoms with E-state index in [4.69, 9.17) is 0 Å². The number of rotatable bonds is 3. The Balaban J connectivity index is 1.74. The van der Waals surface area contributed by atoms with Crippen molar-refractivity contribution in [1.29, 1.82) is 0 Å². The van der Waals surface area contributed by atoms with Crippen LogP contribution in [0.4, 0.5) is 11.5 Å². The maximum Gasteiger partial charge on any atom is 0.249 e. The SMILES string of the molecule is CC(Nc1ccccn1)C(=O)N1CCc2ccccc21. The molecule has 1 aliphatic rings. The van der Waals surface area contributed by atoms with Gasteiger partial charge in [0.2, 0.25) is 5.91 Å². The van der Waals surface area contributed by atoms with Crippen molar-refractivity contribution < 1.29 is 4.79 Å². The summed E-state index contributed by atoms with van der Waals surface area (Å²) >= 11 is 0. The van der Waals surface area contributed by atoms with Crippen molar-refractivity contribution in [3.63, 3.8) is 0 Å². The first-order valence-electron chi connectivity index (χ1n) is 6.82. The van der Waals surface area contributed by atoms with E-state index in [-0.39, 0.29) is 11.9 Å². The third-order valence-electron chi connectivity index (χ3n) is 3.55. The Labute approximate surface area is 118 Å². The molecule has 0 fully saturated rings. The van der Waals surface area contributed by atoms with Crippen LogP contribution in [0.15, 0.2) is 48.7 Å². The third-order valence-corrected chi connectivity index (χ3v) is 3.55. The monoisotopic (exact) mass is 267 g/mol. The highest BCUT2D eigenvalue weighted by molar-refractivity contribution is 6.00. The summed E-state index contributed by atoms with van der Waals surface area (Å²) in [5.74, 6) is 0.807. The first-order chi connectivity index (χ1) is 9.75. The number of nitrogens with zero attached hydrogens (tertiary/aromatic N) is 2. The molecule has 1 atom stereocenters. The zero-order chi connectivity index (χ0) is 13.9. The molecule has 20 heavy (non-hydrogen) atoms. The van der Waals surface area contributed by atoms with Gasteiger partial charge in [-0.1, -0.05) is 24.3 Å². The first-order valence-corrected chi connectivity index (χ1v) is 6.82. The second kappa shape index (κ2) is 5.33. The summed E-state index contributed by atoms with van der Waals surface area (Å²) in [6.45, 7) is 2.63. The topological polar surface area (TPSA) is 45.2 Å². The fourth-order valence-electron chi connectivity index (χ4n) is 2.53. The molecule has 1 N–H and O–H groups in total. The standard InChI is InChI=1S/C16H17N3O/c1-12(18-15-8-4-5-10-17-15)16(20)19-11-9-13-6-2-3-7-14(13)19/h2-8,10,12H,9,11H2,1H3,(H,17,18). The number of nitrogens with one attached hydrogen (secondary N) is 1. The highest BCUT2D eigenvalue weighted by Gasteiger charge is 2.27. The van der Waals surface area contributed by atoms with Crippen LogP contribution >= 0.6 is 0 Å². The van der Waals surface area contributed by atoms with Crippen LogP contribution in [0.2, 0.25) is 0 Å². The van der Waals surface area contributed by atoms with Crippen molar-refractivity contribution in [2.45, 2.75) is 19.4 Å². The lowest BCUT2D eigenvalue weighted by Crippen LogP contribution is -2.40. The average Bonchev–Trinajstić information content (AvgIpc) is 2.91. The quantitative estimate of drug-likeness (QED) is 0.929. The summed E-state index contributed by atoms with van der Waals surface area (Å²) in [6, 6.07) is 13.4. The van der Waals surface area contributed by atoms with Crippen LogP contribution < -0.4 is 10.2 Å². The van der Waals surface area contributed by atoms with E-state index in [0.717, 1.165) is 24.5 Å². The fraction of sp³-hybridized carbons (Fsp3) is 0.250. The summed E-state index contributed by atoms with van der Waals surface area (Å²) in [5, 5.41) is 3.15. The summed E-state index contributed by atoms with van der Waals surface area (Å²) in [7, 11) is 0. The van der Waals surface area contributed by atoms with Gasteiger partial charge in [-0.2, -0.15) is 0 Å². The first kappa shape index (κ1) is 12.7. The Morgan fingerprint density at radius 2 is 2.05 bits per heavy atom. The van der Waals surface area contributed by atoms with Gasteiger partial charge in [-0.15, -0.1) is 0 Å². The van der Waals surface area contributed by atoms with Crippen LogP contribution in [-0.2, 0) is 11.2 Å². The van der Waals surface area contributed by atoms with Crippen molar-refractivity contribution in [1.82, 2.24) is 4.98 Å². The van der Waals surface area contributed by atoms with E-state index in [1.54, 1.807) is 6.20 Å². The Morgan fingerprint density at radius 3 is 2.85 bits per heavy atom. The van der Waals surface area contributed by atoms with Gasteiger partial charge in [0, 0.05) is 18.4 Å². The molecule has 3 rings (SSSR count). The lowest BCUT2D eigenvalue weighted by Gasteiger charge is -2.22. The van der Waals surface area contributed by atoms with Crippen LogP contribution in [-0.4, -0.2) is 23.5 Å². The minimum atomic E-state index is -0.295. The van der Waals surface area contributed by atoms with Crippen molar-refractivity contribution in [3.05, 3.63) is 54.2 Å². The number of benzene rings is 1. The van der Waals surface area contributed by atoms with Crippen molar-refractivity contribution in [2.75, 3.05) is 16.8 Å². The molecule has 1 amide bonds. The zero-order valence-electron chi connectivity index (χ0n) is 11.4. The number of amides is 1. The molecule has 0 spiro atoms. The predicted octanol–water partition coefficient (Wildman–Crippen LogP) is 2.47. The second-order valence-electron chi connectivity index (χ2n) is 4.95. The molecule has 4 nitrogen and oxygen atoms in total. The Kier molecular flexibility index (Phi) is 3.37. The highest BCUT2D eigenvalue weighted by atomic mass is 16.2. The predicted molar refractivity (Wildman–Crippen MR) is 79.8 cm³/mol. The lowest BCUT2D eigenvalue weighted by atomic mass is 10.2. The van der Waals surface area contributed by atoms with Gasteiger partial charge in [-0.3, -0.25) is 4.79 Å². The van der Waals surface area contributed by atoms with Crippen LogP contribution in [0.3, 0.4) is 0 Å².